The van der Waals surface area contributed by atoms with Crippen LogP contribution < -0.4 is 5.73 Å². The Morgan fingerprint density at radius 3 is 2.52 bits per heavy atom. The molecule has 2 aliphatic heterocycles. The lowest BCUT2D eigenvalue weighted by Crippen LogP contribution is -2.46. The van der Waals surface area contributed by atoms with E-state index in [1.807, 2.05) is 30.3 Å². The van der Waals surface area contributed by atoms with Crippen LogP contribution in [0.1, 0.15) is 47.5 Å². The SMILES string of the molecule is Nc1nc2cc(C(=O)N3[C@@H]4CC[C@H]3C[C@@H](c3ccc(F)cc3)C4)ccc2[nH]1. The molecule has 5 rings (SSSR count). The third-order valence-electron chi connectivity index (χ3n) is 6.06. The highest BCUT2D eigenvalue weighted by Crippen LogP contribution is 2.43. The van der Waals surface area contributed by atoms with Crippen molar-refractivity contribution < 1.29 is 9.18 Å². The quantitative estimate of drug-likeness (QED) is 0.726. The Kier molecular flexibility index (Phi) is 3.67. The van der Waals surface area contributed by atoms with Crippen LogP contribution >= 0.6 is 0 Å². The second kappa shape index (κ2) is 6.08. The number of piperidine rings is 1. The molecule has 6 heteroatoms. The van der Waals surface area contributed by atoms with Gasteiger partial charge in [-0.2, -0.15) is 0 Å². The van der Waals surface area contributed by atoms with Gasteiger partial charge in [0.25, 0.3) is 5.91 Å². The number of benzene rings is 2. The van der Waals surface area contributed by atoms with Gasteiger partial charge in [0.05, 0.1) is 11.0 Å². The molecule has 3 heterocycles. The van der Waals surface area contributed by atoms with Crippen LogP contribution in [0.25, 0.3) is 11.0 Å². The number of imidazole rings is 1. The number of amides is 1. The van der Waals surface area contributed by atoms with E-state index < -0.39 is 0 Å². The molecule has 3 aromatic rings. The van der Waals surface area contributed by atoms with Gasteiger partial charge in [-0.1, -0.05) is 12.1 Å². The largest absolute Gasteiger partial charge is 0.369 e. The van der Waals surface area contributed by atoms with Crippen molar-refractivity contribution in [3.8, 4) is 0 Å². The van der Waals surface area contributed by atoms with Crippen LogP contribution in [0.4, 0.5) is 10.3 Å². The fourth-order valence-corrected chi connectivity index (χ4v) is 4.82. The van der Waals surface area contributed by atoms with Gasteiger partial charge in [-0.05, 0) is 67.5 Å². The number of nitrogen functional groups attached to an aromatic ring is 1. The molecule has 2 bridgehead atoms. The normalized spacial score (nSPS) is 24.5. The zero-order valence-electron chi connectivity index (χ0n) is 14.9. The lowest BCUT2D eigenvalue weighted by Gasteiger charge is -2.39. The second-order valence-corrected chi connectivity index (χ2v) is 7.67. The van der Waals surface area contributed by atoms with E-state index in [-0.39, 0.29) is 23.8 Å². The zero-order valence-corrected chi connectivity index (χ0v) is 14.9. The Morgan fingerprint density at radius 1 is 1.11 bits per heavy atom. The first-order chi connectivity index (χ1) is 13.1. The van der Waals surface area contributed by atoms with Crippen molar-refractivity contribution in [2.75, 3.05) is 5.73 Å². The summed E-state index contributed by atoms with van der Waals surface area (Å²) < 4.78 is 13.2. The Labute approximate surface area is 156 Å². The number of carbonyl (C=O) groups is 1. The minimum absolute atomic E-state index is 0.0727. The molecule has 2 fully saturated rings. The van der Waals surface area contributed by atoms with Crippen molar-refractivity contribution in [3.63, 3.8) is 0 Å². The molecular weight excluding hydrogens is 343 g/mol. The van der Waals surface area contributed by atoms with Crippen molar-refractivity contribution in [1.29, 1.82) is 0 Å². The molecule has 2 aliphatic rings. The number of rotatable bonds is 2. The fraction of sp³-hybridized carbons (Fsp3) is 0.333. The van der Waals surface area contributed by atoms with Gasteiger partial charge in [0.2, 0.25) is 0 Å². The summed E-state index contributed by atoms with van der Waals surface area (Å²) in [7, 11) is 0. The van der Waals surface area contributed by atoms with Crippen LogP contribution in [-0.4, -0.2) is 32.9 Å². The monoisotopic (exact) mass is 364 g/mol. The van der Waals surface area contributed by atoms with Crippen LogP contribution in [0.15, 0.2) is 42.5 Å². The van der Waals surface area contributed by atoms with Gasteiger partial charge in [0.1, 0.15) is 5.82 Å². The predicted molar refractivity (Wildman–Crippen MR) is 102 cm³/mol. The van der Waals surface area contributed by atoms with Crippen molar-refractivity contribution in [3.05, 3.63) is 59.4 Å². The molecule has 2 saturated heterocycles. The number of carbonyl (C=O) groups excluding carboxylic acids is 1. The number of H-pyrrole nitrogens is 1. The van der Waals surface area contributed by atoms with Crippen LogP contribution in [0.3, 0.4) is 0 Å². The van der Waals surface area contributed by atoms with E-state index in [1.165, 1.54) is 17.7 Å². The van der Waals surface area contributed by atoms with Gasteiger partial charge >= 0.3 is 0 Å². The Morgan fingerprint density at radius 2 is 1.81 bits per heavy atom. The minimum atomic E-state index is -0.205. The molecule has 5 nitrogen and oxygen atoms in total. The Balaban J connectivity index is 1.39. The highest BCUT2D eigenvalue weighted by molar-refractivity contribution is 5.98. The van der Waals surface area contributed by atoms with E-state index in [9.17, 15) is 9.18 Å². The number of hydrogen-bond donors (Lipinski definition) is 2. The van der Waals surface area contributed by atoms with E-state index in [0.29, 0.717) is 22.9 Å². The summed E-state index contributed by atoms with van der Waals surface area (Å²) >= 11 is 0. The number of aromatic amines is 1. The summed E-state index contributed by atoms with van der Waals surface area (Å²) in [6, 6.07) is 12.8. The third kappa shape index (κ3) is 2.76. The average molecular weight is 364 g/mol. The van der Waals surface area contributed by atoms with Crippen LogP contribution in [0.5, 0.6) is 0 Å². The Hall–Kier alpha value is -2.89. The third-order valence-corrected chi connectivity index (χ3v) is 6.06. The maximum atomic E-state index is 13.2. The average Bonchev–Trinajstić information content (AvgIpc) is 3.16. The van der Waals surface area contributed by atoms with Crippen molar-refractivity contribution in [2.45, 2.75) is 43.7 Å². The van der Waals surface area contributed by atoms with Gasteiger partial charge in [0.15, 0.2) is 5.95 Å². The maximum Gasteiger partial charge on any atom is 0.254 e. The van der Waals surface area contributed by atoms with E-state index in [4.69, 9.17) is 5.73 Å². The molecule has 1 amide bonds. The van der Waals surface area contributed by atoms with E-state index in [0.717, 1.165) is 31.2 Å². The molecule has 138 valence electrons. The smallest absolute Gasteiger partial charge is 0.254 e. The Bertz CT molecular complexity index is 999. The topological polar surface area (TPSA) is 75.0 Å². The van der Waals surface area contributed by atoms with Crippen molar-refractivity contribution in [1.82, 2.24) is 14.9 Å². The van der Waals surface area contributed by atoms with E-state index in [2.05, 4.69) is 14.9 Å². The van der Waals surface area contributed by atoms with Gasteiger partial charge in [-0.3, -0.25) is 4.79 Å². The van der Waals surface area contributed by atoms with Crippen molar-refractivity contribution >= 4 is 22.9 Å². The summed E-state index contributed by atoms with van der Waals surface area (Å²) in [5.74, 6) is 0.614. The number of halogens is 1. The zero-order chi connectivity index (χ0) is 18.5. The van der Waals surface area contributed by atoms with Crippen molar-refractivity contribution in [2.24, 2.45) is 0 Å². The number of nitrogens with zero attached hydrogens (tertiary/aromatic N) is 2. The lowest BCUT2D eigenvalue weighted by molar-refractivity contribution is 0.0571. The molecule has 27 heavy (non-hydrogen) atoms. The van der Waals surface area contributed by atoms with Gasteiger partial charge < -0.3 is 15.6 Å². The highest BCUT2D eigenvalue weighted by atomic mass is 19.1. The summed E-state index contributed by atoms with van der Waals surface area (Å²) in [6.45, 7) is 0. The first kappa shape index (κ1) is 16.3. The van der Waals surface area contributed by atoms with Gasteiger partial charge in [-0.15, -0.1) is 0 Å². The maximum absolute atomic E-state index is 13.2. The summed E-state index contributed by atoms with van der Waals surface area (Å²) in [6.07, 6.45) is 3.94. The molecule has 2 aromatic carbocycles. The van der Waals surface area contributed by atoms with Crippen LogP contribution in [0, 0.1) is 5.82 Å². The highest BCUT2D eigenvalue weighted by Gasteiger charge is 2.43. The molecule has 0 aliphatic carbocycles. The fourth-order valence-electron chi connectivity index (χ4n) is 4.82. The predicted octanol–water partition coefficient (Wildman–Crippen LogP) is 3.84. The first-order valence-corrected chi connectivity index (χ1v) is 9.42. The molecule has 3 N–H and O–H groups in total. The van der Waals surface area contributed by atoms with E-state index >= 15 is 0 Å². The standard InChI is InChI=1S/C21H21FN4O/c22-15-4-1-12(2-5-15)14-9-16-6-7-17(10-14)26(16)20(27)13-3-8-18-19(11-13)25-21(23)24-18/h1-5,8,11,14,16-17H,6-7,9-10H2,(H3,23,24,25)/t14-,16+,17-. The summed E-state index contributed by atoms with van der Waals surface area (Å²) in [5.41, 5.74) is 9.09. The van der Waals surface area contributed by atoms with Crippen LogP contribution in [0.2, 0.25) is 0 Å². The van der Waals surface area contributed by atoms with Gasteiger partial charge in [-0.25, -0.2) is 9.37 Å². The van der Waals surface area contributed by atoms with E-state index in [1.54, 1.807) is 0 Å². The molecule has 0 radical (unpaired) electrons. The number of nitrogens with one attached hydrogen (secondary N) is 1. The number of nitrogens with two attached hydrogens (primary N) is 1. The minimum Gasteiger partial charge on any atom is -0.369 e. The molecule has 0 spiro atoms. The molecule has 1 aromatic heterocycles. The number of hydrogen-bond acceptors (Lipinski definition) is 3. The molecule has 3 atom stereocenters. The van der Waals surface area contributed by atoms with Gasteiger partial charge in [0, 0.05) is 17.6 Å². The molecule has 0 saturated carbocycles. The number of anilines is 1. The number of aromatic nitrogens is 2. The lowest BCUT2D eigenvalue weighted by atomic mass is 9.85. The second-order valence-electron chi connectivity index (χ2n) is 7.67. The first-order valence-electron chi connectivity index (χ1n) is 9.42. The van der Waals surface area contributed by atoms with Crippen LogP contribution in [-0.2, 0) is 0 Å². The summed E-state index contributed by atoms with van der Waals surface area (Å²) in [5, 5.41) is 0. The molecular formula is C21H21FN4O. The summed E-state index contributed by atoms with van der Waals surface area (Å²) in [4.78, 5) is 22.5. The number of fused-ring (bicyclic) bond motifs is 3. The molecule has 0 unspecified atom stereocenters.